The fourth-order valence-corrected chi connectivity index (χ4v) is 12.7. The maximum Gasteiger partial charge on any atom is 0.314 e. The van der Waals surface area contributed by atoms with Crippen molar-refractivity contribution in [3.63, 3.8) is 0 Å². The van der Waals surface area contributed by atoms with Gasteiger partial charge in [-0.15, -0.1) is 10.2 Å². The number of alkyl halides is 2. The molecule has 0 radical (unpaired) electrons. The van der Waals surface area contributed by atoms with Crippen LogP contribution in [0.15, 0.2) is 77.2 Å². The van der Waals surface area contributed by atoms with Crippen molar-refractivity contribution in [2.45, 2.75) is 19.5 Å². The molecule has 0 amide bonds. The molecular weight excluding hydrogens is 1140 g/mol. The quantitative estimate of drug-likeness (QED) is 0.0780. The van der Waals surface area contributed by atoms with E-state index >= 15 is 4.39 Å². The van der Waals surface area contributed by atoms with Crippen LogP contribution < -0.4 is 14.3 Å². The number of rotatable bonds is 20. The molecule has 0 spiro atoms. The van der Waals surface area contributed by atoms with Crippen LogP contribution in [0.25, 0.3) is 11.5 Å². The second-order valence-electron chi connectivity index (χ2n) is 17.3. The first-order valence-electron chi connectivity index (χ1n) is 22.7. The van der Waals surface area contributed by atoms with Crippen LogP contribution in [0.4, 0.5) is 37.7 Å². The largest absolute Gasteiger partial charge is 0.415 e. The summed E-state index contributed by atoms with van der Waals surface area (Å²) in [6, 6.07) is 13.8. The van der Waals surface area contributed by atoms with E-state index in [-0.39, 0.29) is 101 Å². The standard InChI is InChI=1S/C23H24ClF4N5O5S2.C22H27ClF2N4O5S2/c1-39(34,35)32-8-6-31(7-9-32)10-11-40(36,37)33(17-4-5-19(25)18(24)13-17)14-16-3-2-15(12-20(16)26)22-29-30-23(38-22)21(27)28;1-35(31,32)28-8-6-27(7-9-28)10-11-36(33,34)29(18-4-5-20(24)19(23)13-18)15-17-3-2-16(12-21(17)25)22(30)14-26/h2-5,12-13,21H,6-11,14H2,1H3;2-5,12-13H,6-11,14-15,26H2,1H3. The van der Waals surface area contributed by atoms with Gasteiger partial charge in [-0.2, -0.15) is 17.4 Å². The van der Waals surface area contributed by atoms with Crippen molar-refractivity contribution in [3.8, 4) is 11.5 Å². The number of carbonyl (C=O) groups excluding carboxylic acids is 1. The summed E-state index contributed by atoms with van der Waals surface area (Å²) < 4.78 is 193. The van der Waals surface area contributed by atoms with Gasteiger partial charge in [-0.05, 0) is 54.6 Å². The monoisotopic (exact) mass is 1190 g/mol. The molecule has 0 bridgehead atoms. The van der Waals surface area contributed by atoms with Crippen molar-refractivity contribution >= 4 is 80.5 Å². The first-order chi connectivity index (χ1) is 35.6. The fourth-order valence-electron chi connectivity index (χ4n) is 7.78. The summed E-state index contributed by atoms with van der Waals surface area (Å²) >= 11 is 11.8. The zero-order valence-corrected chi connectivity index (χ0v) is 45.3. The number of carbonyl (C=O) groups is 1. The molecule has 31 heteroatoms. The van der Waals surface area contributed by atoms with Crippen LogP contribution in [0.1, 0.15) is 33.8 Å². The molecule has 4 aromatic carbocycles. The molecule has 2 fully saturated rings. The van der Waals surface area contributed by atoms with Gasteiger partial charge in [0.25, 0.3) is 5.89 Å². The van der Waals surface area contributed by atoms with Crippen molar-refractivity contribution < 1.29 is 69.2 Å². The third-order valence-corrected chi connectivity index (χ3v) is 18.7. The highest BCUT2D eigenvalue weighted by Gasteiger charge is 2.31. The minimum absolute atomic E-state index is 0.00440. The summed E-state index contributed by atoms with van der Waals surface area (Å²) in [6.45, 7) is 1.24. The number of piperazine rings is 2. The summed E-state index contributed by atoms with van der Waals surface area (Å²) in [5.74, 6) is -5.67. The predicted molar refractivity (Wildman–Crippen MR) is 273 cm³/mol. The Morgan fingerprint density at radius 3 is 1.42 bits per heavy atom. The molecule has 19 nitrogen and oxygen atoms in total. The van der Waals surface area contributed by atoms with Gasteiger partial charge in [0.05, 0.1) is 65.1 Å². The third kappa shape index (κ3) is 15.8. The molecule has 416 valence electrons. The zero-order valence-electron chi connectivity index (χ0n) is 40.5. The number of nitrogens with two attached hydrogens (primary N) is 1. The molecule has 0 aliphatic carbocycles. The van der Waals surface area contributed by atoms with Gasteiger partial charge in [-0.1, -0.05) is 41.4 Å². The summed E-state index contributed by atoms with van der Waals surface area (Å²) in [4.78, 5) is 15.4. The lowest BCUT2D eigenvalue weighted by Gasteiger charge is -2.33. The Balaban J connectivity index is 0.000000248. The molecular formula is C45H51Cl2F6N9O10S4. The molecule has 7 rings (SSSR count). The third-order valence-electron chi connectivity index (χ3n) is 12.1. The zero-order chi connectivity index (χ0) is 55.9. The van der Waals surface area contributed by atoms with E-state index in [1.165, 1.54) is 45.0 Å². The number of Topliss-reactive ketones (excluding diaryl/α,β-unsaturated/α-hetero) is 1. The summed E-state index contributed by atoms with van der Waals surface area (Å²) in [6.07, 6.45) is -0.779. The average Bonchev–Trinajstić information content (AvgIpc) is 3.87. The Labute approximate surface area is 445 Å². The van der Waals surface area contributed by atoms with E-state index in [9.17, 15) is 60.4 Å². The SMILES string of the molecule is CS(=O)(=O)N1CCN(CCS(=O)(=O)N(Cc2ccc(-c3nnc(C(F)F)o3)cc2F)c2ccc(F)c(Cl)c2)CC1.CS(=O)(=O)N1CCN(CCS(=O)(=O)N(Cc2ccc(C(=O)CN)cc2F)c2ccc(F)c(Cl)c2)CC1. The number of hydrogen-bond acceptors (Lipinski definition) is 15. The highest BCUT2D eigenvalue weighted by molar-refractivity contribution is 7.93. The Morgan fingerprint density at radius 1 is 0.618 bits per heavy atom. The number of aromatic nitrogens is 2. The number of ketones is 1. The Bertz CT molecular complexity index is 3360. The van der Waals surface area contributed by atoms with E-state index in [0.717, 1.165) is 57.5 Å². The Kier molecular flexibility index (Phi) is 20.0. The van der Waals surface area contributed by atoms with Gasteiger partial charge in [0, 0.05) is 87.7 Å². The minimum Gasteiger partial charge on any atom is -0.415 e. The topological polar surface area (TPSA) is 238 Å². The highest BCUT2D eigenvalue weighted by atomic mass is 35.5. The van der Waals surface area contributed by atoms with Gasteiger partial charge in [-0.3, -0.25) is 23.2 Å². The summed E-state index contributed by atoms with van der Waals surface area (Å²) in [5.41, 5.74) is 5.34. The first kappa shape index (κ1) is 60.3. The van der Waals surface area contributed by atoms with E-state index < -0.39 is 100 Å². The molecule has 2 saturated heterocycles. The van der Waals surface area contributed by atoms with Crippen LogP contribution in [0, 0.1) is 23.3 Å². The van der Waals surface area contributed by atoms with Crippen molar-refractivity contribution in [2.75, 3.05) is 105 Å². The van der Waals surface area contributed by atoms with Crippen LogP contribution >= 0.6 is 23.2 Å². The second-order valence-corrected chi connectivity index (χ2v) is 26.1. The molecule has 1 aromatic heterocycles. The van der Waals surface area contributed by atoms with Gasteiger partial charge in [0.1, 0.15) is 23.3 Å². The van der Waals surface area contributed by atoms with Crippen LogP contribution in [0.3, 0.4) is 0 Å². The molecule has 0 unspecified atom stereocenters. The van der Waals surface area contributed by atoms with Crippen LogP contribution in [0.5, 0.6) is 0 Å². The second kappa shape index (κ2) is 25.2. The molecule has 76 heavy (non-hydrogen) atoms. The lowest BCUT2D eigenvalue weighted by atomic mass is 10.1. The molecule has 5 aromatic rings. The van der Waals surface area contributed by atoms with E-state index in [0.29, 0.717) is 26.2 Å². The Morgan fingerprint density at radius 2 is 1.05 bits per heavy atom. The lowest BCUT2D eigenvalue weighted by Crippen LogP contribution is -2.49. The van der Waals surface area contributed by atoms with Crippen molar-refractivity contribution in [1.82, 2.24) is 28.6 Å². The van der Waals surface area contributed by atoms with E-state index in [2.05, 4.69) is 10.2 Å². The molecule has 2 N–H and O–H groups in total. The predicted octanol–water partition coefficient (Wildman–Crippen LogP) is 5.19. The van der Waals surface area contributed by atoms with Crippen LogP contribution in [-0.2, 0) is 53.2 Å². The van der Waals surface area contributed by atoms with Gasteiger partial charge >= 0.3 is 6.43 Å². The molecule has 2 aliphatic heterocycles. The number of sulfonamides is 4. The Hall–Kier alpha value is -4.95. The summed E-state index contributed by atoms with van der Waals surface area (Å²) in [5, 5.41) is 6.04. The number of nitrogens with zero attached hydrogens (tertiary/aromatic N) is 8. The molecule has 3 heterocycles. The maximum absolute atomic E-state index is 15.1. The van der Waals surface area contributed by atoms with Gasteiger partial charge in [0.15, 0.2) is 5.78 Å². The van der Waals surface area contributed by atoms with E-state index in [4.69, 9.17) is 33.4 Å². The molecule has 0 saturated carbocycles. The fraction of sp³-hybridized carbons (Fsp3) is 0.400. The van der Waals surface area contributed by atoms with Gasteiger partial charge in [-0.25, -0.2) is 51.2 Å². The molecule has 2 aliphatic rings. The van der Waals surface area contributed by atoms with E-state index in [1.807, 2.05) is 4.90 Å². The maximum atomic E-state index is 15.1. The number of anilines is 2. The summed E-state index contributed by atoms with van der Waals surface area (Å²) in [7, 11) is -14.9. The van der Waals surface area contributed by atoms with Crippen molar-refractivity contribution in [1.29, 1.82) is 0 Å². The number of halogens is 8. The van der Waals surface area contributed by atoms with Gasteiger partial charge in [0.2, 0.25) is 46.0 Å². The average molecular weight is 1190 g/mol. The smallest absolute Gasteiger partial charge is 0.314 e. The van der Waals surface area contributed by atoms with Crippen LogP contribution in [-0.4, -0.2) is 164 Å². The number of benzene rings is 4. The van der Waals surface area contributed by atoms with Gasteiger partial charge < -0.3 is 10.2 Å². The first-order valence-corrected chi connectivity index (χ1v) is 30.4. The lowest BCUT2D eigenvalue weighted by molar-refractivity contribution is 0.100. The van der Waals surface area contributed by atoms with E-state index in [1.54, 1.807) is 4.90 Å². The number of hydrogen-bond donors (Lipinski definition) is 1. The normalized spacial score (nSPS) is 15.6. The van der Waals surface area contributed by atoms with Crippen LogP contribution in [0.2, 0.25) is 10.0 Å². The minimum atomic E-state index is -4.14. The molecule has 0 atom stereocenters. The van der Waals surface area contributed by atoms with Crippen molar-refractivity contribution in [3.05, 3.63) is 129 Å². The highest BCUT2D eigenvalue weighted by Crippen LogP contribution is 2.31. The van der Waals surface area contributed by atoms with Crippen molar-refractivity contribution in [2.24, 2.45) is 5.73 Å².